The van der Waals surface area contributed by atoms with Crippen molar-refractivity contribution in [3.8, 4) is 0 Å². The van der Waals surface area contributed by atoms with Gasteiger partial charge in [-0.2, -0.15) is 8.42 Å². The van der Waals surface area contributed by atoms with Crippen LogP contribution in [0.2, 0.25) is 13.1 Å². The van der Waals surface area contributed by atoms with Crippen molar-refractivity contribution in [2.24, 2.45) is 0 Å². The predicted octanol–water partition coefficient (Wildman–Crippen LogP) is 2.45. The highest BCUT2D eigenvalue weighted by Crippen LogP contribution is 2.15. The molecule has 0 spiro atoms. The molecule has 1 aromatic rings. The largest absolute Gasteiger partial charge is 0.294 e. The molecule has 0 amide bonds. The maximum Gasteiger partial charge on any atom is 0.294 e. The van der Waals surface area contributed by atoms with E-state index in [0.29, 0.717) is 0 Å². The standard InChI is InChI=1S/C11H16O3SSi/c1-4-16(2,3)9-10-5-7-11(8-6-10)15(12,13)14/h4-8H,1,9H2,2-3H3,(H,12,13,14). The van der Waals surface area contributed by atoms with E-state index in [0.717, 1.165) is 11.6 Å². The summed E-state index contributed by atoms with van der Waals surface area (Å²) >= 11 is 0. The molecule has 0 unspecified atom stereocenters. The van der Waals surface area contributed by atoms with Crippen molar-refractivity contribution in [1.82, 2.24) is 0 Å². The van der Waals surface area contributed by atoms with Gasteiger partial charge in [-0.15, -0.1) is 12.3 Å². The number of hydrogen-bond donors (Lipinski definition) is 1. The third-order valence-electron chi connectivity index (χ3n) is 2.43. The fraction of sp³-hybridized carbons (Fsp3) is 0.273. The Hall–Kier alpha value is -0.913. The summed E-state index contributed by atoms with van der Waals surface area (Å²) in [5.74, 6) is 0. The lowest BCUT2D eigenvalue weighted by molar-refractivity contribution is 0.483. The van der Waals surface area contributed by atoms with Gasteiger partial charge in [-0.3, -0.25) is 4.55 Å². The molecule has 0 aliphatic heterocycles. The molecule has 1 rings (SSSR count). The first kappa shape index (κ1) is 13.2. The van der Waals surface area contributed by atoms with Gasteiger partial charge in [-0.05, 0) is 18.2 Å². The Morgan fingerprint density at radius 1 is 1.31 bits per heavy atom. The van der Waals surface area contributed by atoms with Crippen LogP contribution in [0.3, 0.4) is 0 Å². The fourth-order valence-corrected chi connectivity index (χ4v) is 3.29. The summed E-state index contributed by atoms with van der Waals surface area (Å²) in [6.07, 6.45) is 0. The SMILES string of the molecule is C=C[Si](C)(C)Cc1ccc(S(=O)(=O)O)cc1. The predicted molar refractivity (Wildman–Crippen MR) is 67.6 cm³/mol. The van der Waals surface area contributed by atoms with E-state index in [1.54, 1.807) is 12.1 Å². The molecule has 16 heavy (non-hydrogen) atoms. The Morgan fingerprint density at radius 2 is 1.81 bits per heavy atom. The van der Waals surface area contributed by atoms with Crippen LogP contribution in [-0.2, 0) is 16.2 Å². The molecule has 0 radical (unpaired) electrons. The lowest BCUT2D eigenvalue weighted by atomic mass is 10.2. The first-order valence-corrected chi connectivity index (χ1v) is 9.67. The molecule has 0 aliphatic carbocycles. The van der Waals surface area contributed by atoms with E-state index in [-0.39, 0.29) is 4.90 Å². The van der Waals surface area contributed by atoms with Crippen LogP contribution in [0, 0.1) is 0 Å². The average Bonchev–Trinajstić information content (AvgIpc) is 2.16. The van der Waals surface area contributed by atoms with E-state index in [9.17, 15) is 8.42 Å². The van der Waals surface area contributed by atoms with Crippen LogP contribution in [0.4, 0.5) is 0 Å². The van der Waals surface area contributed by atoms with Gasteiger partial charge in [0.05, 0.1) is 13.0 Å². The molecule has 0 saturated heterocycles. The summed E-state index contributed by atoms with van der Waals surface area (Å²) in [5.41, 5.74) is 3.08. The highest BCUT2D eigenvalue weighted by molar-refractivity contribution is 7.85. The zero-order valence-electron chi connectivity index (χ0n) is 9.47. The normalized spacial score (nSPS) is 12.4. The van der Waals surface area contributed by atoms with Crippen molar-refractivity contribution in [2.45, 2.75) is 24.0 Å². The molecule has 0 saturated carbocycles. The Kier molecular flexibility index (Phi) is 3.72. The van der Waals surface area contributed by atoms with Crippen molar-refractivity contribution in [2.75, 3.05) is 0 Å². The van der Waals surface area contributed by atoms with Crippen molar-refractivity contribution < 1.29 is 13.0 Å². The molecule has 3 nitrogen and oxygen atoms in total. The highest BCUT2D eigenvalue weighted by Gasteiger charge is 2.17. The summed E-state index contributed by atoms with van der Waals surface area (Å²) in [4.78, 5) is -0.0608. The summed E-state index contributed by atoms with van der Waals surface area (Å²) < 4.78 is 30.5. The summed E-state index contributed by atoms with van der Waals surface area (Å²) in [6.45, 7) is 8.19. The summed E-state index contributed by atoms with van der Waals surface area (Å²) in [5, 5.41) is 0. The second-order valence-electron chi connectivity index (χ2n) is 4.49. The first-order valence-electron chi connectivity index (χ1n) is 4.95. The number of benzene rings is 1. The lowest BCUT2D eigenvalue weighted by Crippen LogP contribution is -2.26. The summed E-state index contributed by atoms with van der Waals surface area (Å²) in [7, 11) is -5.51. The van der Waals surface area contributed by atoms with Gasteiger partial charge in [0.1, 0.15) is 0 Å². The molecule has 1 N–H and O–H groups in total. The minimum atomic E-state index is -4.08. The third kappa shape index (κ3) is 3.59. The van der Waals surface area contributed by atoms with Crippen LogP contribution in [-0.4, -0.2) is 21.0 Å². The van der Waals surface area contributed by atoms with Gasteiger partial charge in [-0.1, -0.05) is 30.8 Å². The minimum Gasteiger partial charge on any atom is -0.282 e. The maximum absolute atomic E-state index is 10.8. The van der Waals surface area contributed by atoms with Gasteiger partial charge in [0.25, 0.3) is 10.1 Å². The Balaban J connectivity index is 2.93. The molecule has 0 aliphatic rings. The minimum absolute atomic E-state index is 0.0608. The number of rotatable bonds is 4. The van der Waals surface area contributed by atoms with E-state index >= 15 is 0 Å². The molecule has 0 bridgehead atoms. The molecular formula is C11H16O3SSi. The van der Waals surface area contributed by atoms with Crippen LogP contribution in [0.15, 0.2) is 41.4 Å². The number of hydrogen-bond acceptors (Lipinski definition) is 2. The Labute approximate surface area is 97.6 Å². The van der Waals surface area contributed by atoms with Gasteiger partial charge in [-0.25, -0.2) is 0 Å². The maximum atomic E-state index is 10.8. The first-order chi connectivity index (χ1) is 7.24. The Morgan fingerprint density at radius 3 is 2.19 bits per heavy atom. The van der Waals surface area contributed by atoms with Crippen LogP contribution in [0.1, 0.15) is 5.56 Å². The van der Waals surface area contributed by atoms with Crippen molar-refractivity contribution >= 4 is 18.2 Å². The van der Waals surface area contributed by atoms with E-state index in [1.165, 1.54) is 12.1 Å². The van der Waals surface area contributed by atoms with Gasteiger partial charge < -0.3 is 0 Å². The molecule has 0 heterocycles. The lowest BCUT2D eigenvalue weighted by Gasteiger charge is -2.16. The van der Waals surface area contributed by atoms with Crippen LogP contribution < -0.4 is 0 Å². The Bertz CT molecular complexity index is 474. The summed E-state index contributed by atoms with van der Waals surface area (Å²) in [6, 6.07) is 7.25. The van der Waals surface area contributed by atoms with Gasteiger partial charge in [0.15, 0.2) is 0 Å². The van der Waals surface area contributed by atoms with Gasteiger partial charge in [0, 0.05) is 0 Å². The molecule has 1 aromatic carbocycles. The average molecular weight is 256 g/mol. The smallest absolute Gasteiger partial charge is 0.282 e. The van der Waals surface area contributed by atoms with Gasteiger partial charge >= 0.3 is 0 Å². The fourth-order valence-electron chi connectivity index (χ4n) is 1.38. The zero-order valence-corrected chi connectivity index (χ0v) is 11.3. The quantitative estimate of drug-likeness (QED) is 0.665. The molecular weight excluding hydrogens is 240 g/mol. The van der Waals surface area contributed by atoms with Crippen molar-refractivity contribution in [1.29, 1.82) is 0 Å². The monoisotopic (exact) mass is 256 g/mol. The van der Waals surface area contributed by atoms with Crippen LogP contribution in [0.25, 0.3) is 0 Å². The second kappa shape index (κ2) is 4.53. The third-order valence-corrected chi connectivity index (χ3v) is 5.73. The second-order valence-corrected chi connectivity index (χ2v) is 10.6. The highest BCUT2D eigenvalue weighted by atomic mass is 32.2. The molecule has 0 aromatic heterocycles. The van der Waals surface area contributed by atoms with E-state index in [1.807, 2.05) is 5.70 Å². The van der Waals surface area contributed by atoms with Crippen molar-refractivity contribution in [3.63, 3.8) is 0 Å². The molecule has 0 fully saturated rings. The van der Waals surface area contributed by atoms with Crippen molar-refractivity contribution in [3.05, 3.63) is 42.1 Å². The molecule has 0 atom stereocenters. The van der Waals surface area contributed by atoms with Crippen LogP contribution in [0.5, 0.6) is 0 Å². The molecule has 88 valence electrons. The van der Waals surface area contributed by atoms with E-state index in [4.69, 9.17) is 4.55 Å². The van der Waals surface area contributed by atoms with Crippen LogP contribution >= 0.6 is 0 Å². The van der Waals surface area contributed by atoms with E-state index in [2.05, 4.69) is 19.7 Å². The zero-order chi connectivity index (χ0) is 12.4. The van der Waals surface area contributed by atoms with E-state index < -0.39 is 18.2 Å². The van der Waals surface area contributed by atoms with Gasteiger partial charge in [0.2, 0.25) is 0 Å². The molecule has 5 heteroatoms. The topological polar surface area (TPSA) is 54.4 Å².